The Balaban J connectivity index is 3.25. The molecule has 0 aliphatic rings. The molecule has 13 heavy (non-hydrogen) atoms. The van der Waals surface area contributed by atoms with E-state index in [-0.39, 0.29) is 5.69 Å². The topological polar surface area (TPSA) is 53.8 Å². The lowest BCUT2D eigenvalue weighted by Crippen LogP contribution is -1.97. The molecule has 0 aromatic carbocycles. The molecule has 0 saturated carbocycles. The molecule has 1 aromatic heterocycles. The van der Waals surface area contributed by atoms with Crippen molar-refractivity contribution in [1.29, 1.82) is 5.26 Å². The molecule has 1 heterocycles. The average Bonchev–Trinajstić information content (AvgIpc) is 2.16. The number of hydrogen-bond donors (Lipinski definition) is 0. The molecule has 0 aliphatic heterocycles. The van der Waals surface area contributed by atoms with Crippen molar-refractivity contribution in [2.75, 3.05) is 0 Å². The van der Waals surface area contributed by atoms with Crippen molar-refractivity contribution in [3.05, 3.63) is 29.1 Å². The first-order valence-corrected chi connectivity index (χ1v) is 3.33. The third-order valence-corrected chi connectivity index (χ3v) is 1.41. The first-order valence-electron chi connectivity index (χ1n) is 3.33. The zero-order valence-corrected chi connectivity index (χ0v) is 6.37. The highest BCUT2D eigenvalue weighted by molar-refractivity contribution is 5.72. The van der Waals surface area contributed by atoms with Crippen LogP contribution in [-0.2, 0) is 0 Å². The molecule has 0 spiro atoms. The molecule has 5 heteroatoms. The Morgan fingerprint density at radius 1 is 1.54 bits per heavy atom. The molecule has 0 atom stereocenters. The van der Waals surface area contributed by atoms with E-state index in [9.17, 15) is 13.6 Å². The zero-order chi connectivity index (χ0) is 9.84. The molecule has 0 radical (unpaired) electrons. The van der Waals surface area contributed by atoms with E-state index in [2.05, 4.69) is 4.98 Å². The number of carbonyl (C=O) groups is 1. The van der Waals surface area contributed by atoms with Gasteiger partial charge in [0.05, 0.1) is 5.56 Å². The predicted octanol–water partition coefficient (Wildman–Crippen LogP) is 1.70. The van der Waals surface area contributed by atoms with E-state index < -0.39 is 17.7 Å². The SMILES string of the molecule is N#Cc1nc(C=O)ccc1C(F)F. The van der Waals surface area contributed by atoms with E-state index in [0.717, 1.165) is 12.1 Å². The predicted molar refractivity (Wildman–Crippen MR) is 39.3 cm³/mol. The number of hydrogen-bond acceptors (Lipinski definition) is 3. The summed E-state index contributed by atoms with van der Waals surface area (Å²) in [5.74, 6) is 0. The Hall–Kier alpha value is -1.83. The highest BCUT2D eigenvalue weighted by Gasteiger charge is 2.14. The molecule has 0 fully saturated rings. The second-order valence-corrected chi connectivity index (χ2v) is 2.20. The van der Waals surface area contributed by atoms with Crippen LogP contribution in [0.3, 0.4) is 0 Å². The number of aldehydes is 1. The number of aromatic nitrogens is 1. The Morgan fingerprint density at radius 2 is 2.23 bits per heavy atom. The second kappa shape index (κ2) is 3.72. The monoisotopic (exact) mass is 182 g/mol. The molecule has 0 aliphatic carbocycles. The molecule has 0 bridgehead atoms. The minimum Gasteiger partial charge on any atom is -0.296 e. The molecule has 0 amide bonds. The van der Waals surface area contributed by atoms with E-state index >= 15 is 0 Å². The highest BCUT2D eigenvalue weighted by atomic mass is 19.3. The van der Waals surface area contributed by atoms with Gasteiger partial charge in [0.25, 0.3) is 6.43 Å². The van der Waals surface area contributed by atoms with Gasteiger partial charge in [0.15, 0.2) is 6.29 Å². The van der Waals surface area contributed by atoms with Gasteiger partial charge < -0.3 is 0 Å². The zero-order valence-electron chi connectivity index (χ0n) is 6.37. The van der Waals surface area contributed by atoms with Crippen LogP contribution in [0, 0.1) is 11.3 Å². The normalized spacial score (nSPS) is 9.69. The largest absolute Gasteiger partial charge is 0.296 e. The van der Waals surface area contributed by atoms with Crippen LogP contribution in [0.2, 0.25) is 0 Å². The van der Waals surface area contributed by atoms with Crippen LogP contribution in [0.15, 0.2) is 12.1 Å². The van der Waals surface area contributed by atoms with Gasteiger partial charge in [-0.2, -0.15) is 5.26 Å². The van der Waals surface area contributed by atoms with E-state index in [1.54, 1.807) is 0 Å². The highest BCUT2D eigenvalue weighted by Crippen LogP contribution is 2.20. The smallest absolute Gasteiger partial charge is 0.266 e. The van der Waals surface area contributed by atoms with Crippen LogP contribution >= 0.6 is 0 Å². The number of pyridine rings is 1. The Labute approximate surface area is 72.6 Å². The van der Waals surface area contributed by atoms with Crippen molar-refractivity contribution in [3.63, 3.8) is 0 Å². The number of halogens is 2. The Kier molecular flexibility index (Phi) is 2.65. The van der Waals surface area contributed by atoms with Crippen molar-refractivity contribution in [1.82, 2.24) is 4.98 Å². The summed E-state index contributed by atoms with van der Waals surface area (Å²) in [6, 6.07) is 3.68. The van der Waals surface area contributed by atoms with Crippen LogP contribution in [-0.4, -0.2) is 11.3 Å². The van der Waals surface area contributed by atoms with Crippen LogP contribution in [0.1, 0.15) is 28.2 Å². The number of nitriles is 1. The Bertz CT molecular complexity index is 371. The van der Waals surface area contributed by atoms with Crippen molar-refractivity contribution in [3.8, 4) is 6.07 Å². The van der Waals surface area contributed by atoms with Gasteiger partial charge in [-0.1, -0.05) is 0 Å². The third-order valence-electron chi connectivity index (χ3n) is 1.41. The molecule has 0 N–H and O–H groups in total. The lowest BCUT2D eigenvalue weighted by atomic mass is 10.2. The number of rotatable bonds is 2. The van der Waals surface area contributed by atoms with E-state index in [4.69, 9.17) is 5.26 Å². The molecule has 3 nitrogen and oxygen atoms in total. The van der Waals surface area contributed by atoms with Gasteiger partial charge in [0, 0.05) is 0 Å². The van der Waals surface area contributed by atoms with Crippen LogP contribution in [0.25, 0.3) is 0 Å². The Morgan fingerprint density at radius 3 is 2.69 bits per heavy atom. The van der Waals surface area contributed by atoms with E-state index in [0.29, 0.717) is 6.29 Å². The summed E-state index contributed by atoms with van der Waals surface area (Å²) in [6.07, 6.45) is -2.35. The quantitative estimate of drug-likeness (QED) is 0.654. The summed E-state index contributed by atoms with van der Waals surface area (Å²) in [5.41, 5.74) is -0.881. The summed E-state index contributed by atoms with van der Waals surface area (Å²) >= 11 is 0. The number of alkyl halides is 2. The third kappa shape index (κ3) is 1.85. The summed E-state index contributed by atoms with van der Waals surface area (Å²) in [5, 5.41) is 8.43. The van der Waals surface area contributed by atoms with Gasteiger partial charge in [-0.3, -0.25) is 4.79 Å². The molecule has 66 valence electrons. The van der Waals surface area contributed by atoms with Crippen LogP contribution in [0.4, 0.5) is 8.78 Å². The van der Waals surface area contributed by atoms with Crippen molar-refractivity contribution < 1.29 is 13.6 Å². The average molecular weight is 182 g/mol. The fourth-order valence-corrected chi connectivity index (χ4v) is 0.816. The van der Waals surface area contributed by atoms with Crippen molar-refractivity contribution >= 4 is 6.29 Å². The first-order chi connectivity index (χ1) is 6.19. The van der Waals surface area contributed by atoms with Gasteiger partial charge in [-0.15, -0.1) is 0 Å². The second-order valence-electron chi connectivity index (χ2n) is 2.20. The maximum Gasteiger partial charge on any atom is 0.266 e. The van der Waals surface area contributed by atoms with E-state index in [1.807, 2.05) is 0 Å². The van der Waals surface area contributed by atoms with Gasteiger partial charge in [0.2, 0.25) is 0 Å². The summed E-state index contributed by atoms with van der Waals surface area (Å²) in [7, 11) is 0. The number of carbonyl (C=O) groups excluding carboxylic acids is 1. The molecular weight excluding hydrogens is 178 g/mol. The van der Waals surface area contributed by atoms with Gasteiger partial charge in [-0.05, 0) is 12.1 Å². The minimum absolute atomic E-state index is 0.0269. The number of nitrogens with zero attached hydrogens (tertiary/aromatic N) is 2. The van der Waals surface area contributed by atoms with Crippen molar-refractivity contribution in [2.24, 2.45) is 0 Å². The standard InChI is InChI=1S/C8H4F2N2O/c9-8(10)6-2-1-5(4-13)12-7(6)3-11/h1-2,4,8H. The maximum atomic E-state index is 12.2. The lowest BCUT2D eigenvalue weighted by molar-refractivity contribution is 0.111. The fourth-order valence-electron chi connectivity index (χ4n) is 0.816. The molecule has 0 unspecified atom stereocenters. The molecule has 1 rings (SSSR count). The van der Waals surface area contributed by atoms with Gasteiger partial charge in [0.1, 0.15) is 17.5 Å². The molecule has 1 aromatic rings. The van der Waals surface area contributed by atoms with Gasteiger partial charge >= 0.3 is 0 Å². The van der Waals surface area contributed by atoms with Gasteiger partial charge in [-0.25, -0.2) is 13.8 Å². The molecule has 0 saturated heterocycles. The van der Waals surface area contributed by atoms with E-state index in [1.165, 1.54) is 6.07 Å². The first kappa shape index (κ1) is 9.26. The van der Waals surface area contributed by atoms with Crippen LogP contribution < -0.4 is 0 Å². The summed E-state index contributed by atoms with van der Waals surface area (Å²) < 4.78 is 24.3. The van der Waals surface area contributed by atoms with Crippen molar-refractivity contribution in [2.45, 2.75) is 6.43 Å². The van der Waals surface area contributed by atoms with Crippen LogP contribution in [0.5, 0.6) is 0 Å². The summed E-state index contributed by atoms with van der Waals surface area (Å²) in [4.78, 5) is 13.6. The maximum absolute atomic E-state index is 12.2. The fraction of sp³-hybridized carbons (Fsp3) is 0.125. The minimum atomic E-state index is -2.75. The molecular formula is C8H4F2N2O. The lowest BCUT2D eigenvalue weighted by Gasteiger charge is -2.00. The summed E-state index contributed by atoms with van der Waals surface area (Å²) in [6.45, 7) is 0.